The van der Waals surface area contributed by atoms with Gasteiger partial charge < -0.3 is 14.2 Å². The summed E-state index contributed by atoms with van der Waals surface area (Å²) in [6.07, 6.45) is 5.81. The van der Waals surface area contributed by atoms with Crippen LogP contribution in [0, 0.1) is 5.41 Å². The Morgan fingerprint density at radius 1 is 1.62 bits per heavy atom. The standard InChI is InChI=1S/C9H14O3.C3H4O/c1-3-8(10)12-7-9(4-2)5-11-6-9;1-2-4-3-1/h3H,1,4-7H2,2H3;1-2H,3H2. The minimum Gasteiger partial charge on any atom is -0.497 e. The van der Waals surface area contributed by atoms with Crippen molar-refractivity contribution in [3.05, 3.63) is 25.0 Å². The molecule has 90 valence electrons. The van der Waals surface area contributed by atoms with Crippen LogP contribution in [0.4, 0.5) is 0 Å². The maximum absolute atomic E-state index is 10.7. The molecule has 2 aliphatic rings. The van der Waals surface area contributed by atoms with Gasteiger partial charge >= 0.3 is 5.97 Å². The first-order valence-electron chi connectivity index (χ1n) is 5.36. The molecule has 0 radical (unpaired) electrons. The fraction of sp³-hybridized carbons (Fsp3) is 0.583. The number of hydrogen-bond acceptors (Lipinski definition) is 4. The van der Waals surface area contributed by atoms with Gasteiger partial charge in [-0.1, -0.05) is 13.5 Å². The number of carbonyl (C=O) groups excluding carboxylic acids is 1. The lowest BCUT2D eigenvalue weighted by molar-refractivity contribution is -0.166. The minimum absolute atomic E-state index is 0.0820. The quantitative estimate of drug-likeness (QED) is 0.540. The molecule has 2 heterocycles. The Morgan fingerprint density at radius 2 is 2.19 bits per heavy atom. The molecule has 0 amide bonds. The second-order valence-electron chi connectivity index (χ2n) is 3.86. The molecular weight excluding hydrogens is 208 g/mol. The summed E-state index contributed by atoms with van der Waals surface area (Å²) in [5, 5.41) is 0. The summed E-state index contributed by atoms with van der Waals surface area (Å²) in [6, 6.07) is 0. The second kappa shape index (κ2) is 6.33. The zero-order chi connectivity index (χ0) is 11.9. The highest BCUT2D eigenvalue weighted by Crippen LogP contribution is 2.31. The normalized spacial score (nSPS) is 19.1. The van der Waals surface area contributed by atoms with Crippen LogP contribution >= 0.6 is 0 Å². The van der Waals surface area contributed by atoms with Crippen LogP contribution in [0.2, 0.25) is 0 Å². The van der Waals surface area contributed by atoms with Crippen LogP contribution < -0.4 is 0 Å². The molecule has 0 bridgehead atoms. The van der Waals surface area contributed by atoms with Gasteiger partial charge in [-0.05, 0) is 12.5 Å². The van der Waals surface area contributed by atoms with Crippen LogP contribution in [0.15, 0.2) is 25.0 Å². The Labute approximate surface area is 95.9 Å². The van der Waals surface area contributed by atoms with E-state index in [1.165, 1.54) is 6.08 Å². The molecular formula is C12H18O4. The summed E-state index contributed by atoms with van der Waals surface area (Å²) in [6.45, 7) is 8.08. The fourth-order valence-electron chi connectivity index (χ4n) is 1.16. The van der Waals surface area contributed by atoms with Gasteiger partial charge in [-0.3, -0.25) is 0 Å². The molecule has 16 heavy (non-hydrogen) atoms. The minimum atomic E-state index is -0.352. The number of ether oxygens (including phenoxy) is 3. The zero-order valence-corrected chi connectivity index (χ0v) is 9.61. The van der Waals surface area contributed by atoms with Crippen LogP contribution in [0.5, 0.6) is 0 Å². The summed E-state index contributed by atoms with van der Waals surface area (Å²) >= 11 is 0. The van der Waals surface area contributed by atoms with Gasteiger partial charge in [0.25, 0.3) is 0 Å². The molecule has 0 saturated carbocycles. The number of rotatable bonds is 4. The van der Waals surface area contributed by atoms with Crippen molar-refractivity contribution in [3.8, 4) is 0 Å². The van der Waals surface area contributed by atoms with Crippen molar-refractivity contribution in [2.24, 2.45) is 5.41 Å². The predicted octanol–water partition coefficient (Wildman–Crippen LogP) is 1.67. The van der Waals surface area contributed by atoms with Crippen LogP contribution in [0.3, 0.4) is 0 Å². The van der Waals surface area contributed by atoms with E-state index in [9.17, 15) is 4.79 Å². The van der Waals surface area contributed by atoms with Gasteiger partial charge in [0.1, 0.15) is 13.2 Å². The van der Waals surface area contributed by atoms with E-state index in [1.807, 2.05) is 6.08 Å². The van der Waals surface area contributed by atoms with E-state index in [2.05, 4.69) is 18.2 Å². The average molecular weight is 226 g/mol. The molecule has 0 aromatic carbocycles. The van der Waals surface area contributed by atoms with Gasteiger partial charge in [-0.2, -0.15) is 0 Å². The number of esters is 1. The summed E-state index contributed by atoms with van der Waals surface area (Å²) in [4.78, 5) is 10.7. The molecule has 1 fully saturated rings. The lowest BCUT2D eigenvalue weighted by atomic mass is 9.84. The van der Waals surface area contributed by atoms with Gasteiger partial charge in [0.15, 0.2) is 0 Å². The molecule has 0 atom stereocenters. The van der Waals surface area contributed by atoms with Crippen LogP contribution in [-0.2, 0) is 19.0 Å². The molecule has 0 N–H and O–H groups in total. The van der Waals surface area contributed by atoms with Gasteiger partial charge in [0, 0.05) is 6.08 Å². The molecule has 0 aromatic rings. The van der Waals surface area contributed by atoms with Gasteiger partial charge in [0.05, 0.1) is 24.9 Å². The van der Waals surface area contributed by atoms with E-state index in [-0.39, 0.29) is 11.4 Å². The third kappa shape index (κ3) is 3.70. The Bertz CT molecular complexity index is 255. The van der Waals surface area contributed by atoms with Gasteiger partial charge in [-0.15, -0.1) is 0 Å². The van der Waals surface area contributed by atoms with Crippen molar-refractivity contribution < 1.29 is 19.0 Å². The van der Waals surface area contributed by atoms with Crippen LogP contribution in [0.1, 0.15) is 13.3 Å². The van der Waals surface area contributed by atoms with Crippen molar-refractivity contribution >= 4 is 5.97 Å². The summed E-state index contributed by atoms with van der Waals surface area (Å²) < 4.78 is 14.6. The van der Waals surface area contributed by atoms with E-state index in [0.29, 0.717) is 19.8 Å². The first kappa shape index (κ1) is 12.8. The van der Waals surface area contributed by atoms with Crippen molar-refractivity contribution in [2.45, 2.75) is 13.3 Å². The van der Waals surface area contributed by atoms with E-state index >= 15 is 0 Å². The molecule has 1 saturated heterocycles. The van der Waals surface area contributed by atoms with Gasteiger partial charge in [-0.25, -0.2) is 4.79 Å². The monoisotopic (exact) mass is 226 g/mol. The third-order valence-corrected chi connectivity index (χ3v) is 2.64. The topological polar surface area (TPSA) is 44.8 Å². The maximum Gasteiger partial charge on any atom is 0.330 e. The molecule has 0 aromatic heterocycles. The molecule has 0 unspecified atom stereocenters. The largest absolute Gasteiger partial charge is 0.497 e. The average Bonchev–Trinajstić information content (AvgIpc) is 2.14. The fourth-order valence-corrected chi connectivity index (χ4v) is 1.16. The molecule has 4 heteroatoms. The highest BCUT2D eigenvalue weighted by molar-refractivity contribution is 5.81. The molecule has 0 aliphatic carbocycles. The smallest absolute Gasteiger partial charge is 0.330 e. The first-order chi connectivity index (χ1) is 7.72. The van der Waals surface area contributed by atoms with E-state index in [1.54, 1.807) is 6.26 Å². The number of hydrogen-bond donors (Lipinski definition) is 0. The van der Waals surface area contributed by atoms with Crippen molar-refractivity contribution in [1.29, 1.82) is 0 Å². The Balaban J connectivity index is 0.000000267. The molecule has 4 nitrogen and oxygen atoms in total. The van der Waals surface area contributed by atoms with Crippen molar-refractivity contribution in [3.63, 3.8) is 0 Å². The Hall–Kier alpha value is -1.29. The molecule has 0 spiro atoms. The lowest BCUT2D eigenvalue weighted by Gasteiger charge is -2.39. The highest BCUT2D eigenvalue weighted by Gasteiger charge is 2.37. The summed E-state index contributed by atoms with van der Waals surface area (Å²) in [5.74, 6) is -0.352. The second-order valence-corrected chi connectivity index (χ2v) is 3.86. The third-order valence-electron chi connectivity index (χ3n) is 2.64. The van der Waals surface area contributed by atoms with Crippen LogP contribution in [0.25, 0.3) is 0 Å². The maximum atomic E-state index is 10.7. The Kier molecular flexibility index (Phi) is 5.05. The lowest BCUT2D eigenvalue weighted by Crippen LogP contribution is -2.46. The van der Waals surface area contributed by atoms with Gasteiger partial charge in [0.2, 0.25) is 0 Å². The molecule has 2 rings (SSSR count). The SMILES string of the molecule is C1=COC1.C=CC(=O)OCC1(CC)COC1. The van der Waals surface area contributed by atoms with E-state index < -0.39 is 0 Å². The van der Waals surface area contributed by atoms with Crippen LogP contribution in [-0.4, -0.2) is 32.4 Å². The van der Waals surface area contributed by atoms with E-state index in [0.717, 1.165) is 13.0 Å². The molecule has 2 aliphatic heterocycles. The van der Waals surface area contributed by atoms with Crippen molar-refractivity contribution in [1.82, 2.24) is 0 Å². The zero-order valence-electron chi connectivity index (χ0n) is 9.61. The highest BCUT2D eigenvalue weighted by atomic mass is 16.5. The summed E-state index contributed by atoms with van der Waals surface area (Å²) in [7, 11) is 0. The summed E-state index contributed by atoms with van der Waals surface area (Å²) in [5.41, 5.74) is 0.0820. The predicted molar refractivity (Wildman–Crippen MR) is 59.8 cm³/mol. The number of carbonyl (C=O) groups is 1. The first-order valence-corrected chi connectivity index (χ1v) is 5.36. The Morgan fingerprint density at radius 3 is 2.44 bits per heavy atom. The van der Waals surface area contributed by atoms with E-state index in [4.69, 9.17) is 9.47 Å². The van der Waals surface area contributed by atoms with Crippen molar-refractivity contribution in [2.75, 3.05) is 26.4 Å².